The third-order valence-corrected chi connectivity index (χ3v) is 3.18. The van der Waals surface area contributed by atoms with Crippen LogP contribution in [0.5, 0.6) is 0 Å². The van der Waals surface area contributed by atoms with E-state index in [1.165, 1.54) is 0 Å². The molecule has 0 saturated heterocycles. The summed E-state index contributed by atoms with van der Waals surface area (Å²) in [5.41, 5.74) is 0. The van der Waals surface area contributed by atoms with Gasteiger partial charge in [-0.15, -0.1) is 0 Å². The van der Waals surface area contributed by atoms with Gasteiger partial charge in [-0.3, -0.25) is 19.4 Å². The molecule has 0 saturated carbocycles. The van der Waals surface area contributed by atoms with Crippen molar-refractivity contribution in [3.05, 3.63) is 0 Å². The van der Waals surface area contributed by atoms with Crippen LogP contribution in [0.3, 0.4) is 0 Å². The largest absolute Gasteiger partial charge is 0.480 e. The average Bonchev–Trinajstić information content (AvgIpc) is 2.37. The number of hydrogen-bond acceptors (Lipinski definition) is 6. The first-order valence-corrected chi connectivity index (χ1v) is 7.38. The van der Waals surface area contributed by atoms with Crippen LogP contribution in [0.15, 0.2) is 0 Å². The van der Waals surface area contributed by atoms with E-state index in [4.69, 9.17) is 10.2 Å². The molecule has 0 aliphatic heterocycles. The Morgan fingerprint density at radius 3 is 1.14 bits per heavy atom. The Kier molecular flexibility index (Phi) is 10.7. The lowest BCUT2D eigenvalue weighted by molar-refractivity contribution is -0.140. The highest BCUT2D eigenvalue weighted by Crippen LogP contribution is 1.95. The second-order valence-corrected chi connectivity index (χ2v) is 5.95. The quantitative estimate of drug-likeness (QED) is 0.442. The third-order valence-electron chi connectivity index (χ3n) is 3.18. The molecule has 0 spiro atoms. The van der Waals surface area contributed by atoms with Crippen LogP contribution in [0.25, 0.3) is 0 Å². The summed E-state index contributed by atoms with van der Waals surface area (Å²) in [6.07, 6.45) is 0. The zero-order valence-corrected chi connectivity index (χ0v) is 14.2. The summed E-state index contributed by atoms with van der Waals surface area (Å²) in [6, 6.07) is 0. The molecule has 0 aliphatic carbocycles. The van der Waals surface area contributed by atoms with Gasteiger partial charge < -0.3 is 20.0 Å². The summed E-state index contributed by atoms with van der Waals surface area (Å²) < 4.78 is 0. The van der Waals surface area contributed by atoms with Gasteiger partial charge in [0.2, 0.25) is 0 Å². The molecule has 130 valence electrons. The summed E-state index contributed by atoms with van der Waals surface area (Å²) in [5, 5.41) is 17.9. The summed E-state index contributed by atoms with van der Waals surface area (Å²) in [6.45, 7) is 3.86. The lowest BCUT2D eigenvalue weighted by atomic mass is 10.3. The molecular formula is C14H30N4O4. The lowest BCUT2D eigenvalue weighted by Gasteiger charge is -2.27. The highest BCUT2D eigenvalue weighted by molar-refractivity contribution is 5.69. The van der Waals surface area contributed by atoms with Gasteiger partial charge >= 0.3 is 11.9 Å². The van der Waals surface area contributed by atoms with Gasteiger partial charge in [0.15, 0.2) is 0 Å². The third kappa shape index (κ3) is 12.5. The number of nitrogens with zero attached hydrogens (tertiary/aromatic N) is 4. The molecule has 0 bridgehead atoms. The molecule has 0 unspecified atom stereocenters. The first kappa shape index (κ1) is 20.8. The molecule has 0 aromatic heterocycles. The lowest BCUT2D eigenvalue weighted by Crippen LogP contribution is -2.43. The highest BCUT2D eigenvalue weighted by Gasteiger charge is 2.14. The molecule has 22 heavy (non-hydrogen) atoms. The van der Waals surface area contributed by atoms with Crippen LogP contribution in [0, 0.1) is 0 Å². The molecular weight excluding hydrogens is 288 g/mol. The van der Waals surface area contributed by atoms with Gasteiger partial charge in [0.1, 0.15) is 0 Å². The van der Waals surface area contributed by atoms with Crippen molar-refractivity contribution in [2.45, 2.75) is 0 Å². The minimum atomic E-state index is -0.864. The van der Waals surface area contributed by atoms with Crippen molar-refractivity contribution in [3.63, 3.8) is 0 Å². The Morgan fingerprint density at radius 2 is 0.909 bits per heavy atom. The zero-order valence-electron chi connectivity index (χ0n) is 14.2. The van der Waals surface area contributed by atoms with Gasteiger partial charge in [-0.05, 0) is 28.2 Å². The predicted molar refractivity (Wildman–Crippen MR) is 85.3 cm³/mol. The molecule has 0 aromatic carbocycles. The maximum atomic E-state index is 10.9. The van der Waals surface area contributed by atoms with E-state index in [9.17, 15) is 9.59 Å². The molecule has 8 nitrogen and oxygen atoms in total. The van der Waals surface area contributed by atoms with E-state index in [2.05, 4.69) is 0 Å². The van der Waals surface area contributed by atoms with Crippen molar-refractivity contribution in [1.82, 2.24) is 19.6 Å². The van der Waals surface area contributed by atoms with Crippen molar-refractivity contribution < 1.29 is 19.8 Å². The van der Waals surface area contributed by atoms with E-state index in [-0.39, 0.29) is 13.1 Å². The van der Waals surface area contributed by atoms with Gasteiger partial charge in [0.05, 0.1) is 13.1 Å². The normalized spacial score (nSPS) is 11.8. The zero-order chi connectivity index (χ0) is 17.1. The maximum Gasteiger partial charge on any atom is 0.317 e. The summed E-state index contributed by atoms with van der Waals surface area (Å²) in [7, 11) is 7.75. The predicted octanol–water partition coefficient (Wildman–Crippen LogP) is -1.12. The fraction of sp³-hybridized carbons (Fsp3) is 0.857. The Morgan fingerprint density at radius 1 is 0.636 bits per heavy atom. The molecule has 0 heterocycles. The summed E-state index contributed by atoms with van der Waals surface area (Å²) >= 11 is 0. The maximum absolute atomic E-state index is 10.9. The van der Waals surface area contributed by atoms with Crippen LogP contribution in [-0.4, -0.2) is 122 Å². The Balaban J connectivity index is 4.43. The van der Waals surface area contributed by atoms with Crippen molar-refractivity contribution >= 4 is 11.9 Å². The molecule has 8 heteroatoms. The van der Waals surface area contributed by atoms with E-state index >= 15 is 0 Å². The standard InChI is InChI=1S/C14H30N4O4/c1-15(2)5-7-17(11-13(19)20)9-10-18(12-14(21)22)8-6-16(3)4/h5-12H2,1-4H3,(H,19,20)(H,21,22). The topological polar surface area (TPSA) is 87.6 Å². The number of rotatable bonds is 13. The number of aliphatic carboxylic acids is 2. The Labute approximate surface area is 132 Å². The van der Waals surface area contributed by atoms with Gasteiger partial charge in [-0.2, -0.15) is 0 Å². The van der Waals surface area contributed by atoms with E-state index in [1.807, 2.05) is 47.8 Å². The number of carbonyl (C=O) groups is 2. The first-order chi connectivity index (χ1) is 10.2. The highest BCUT2D eigenvalue weighted by atomic mass is 16.4. The number of likely N-dealkylation sites (N-methyl/N-ethyl adjacent to an activating group) is 2. The Bertz CT molecular complexity index is 305. The van der Waals surface area contributed by atoms with Crippen LogP contribution >= 0.6 is 0 Å². The van der Waals surface area contributed by atoms with E-state index in [1.54, 1.807) is 0 Å². The second-order valence-electron chi connectivity index (χ2n) is 5.95. The minimum absolute atomic E-state index is 0.0254. The van der Waals surface area contributed by atoms with Crippen LogP contribution in [0.4, 0.5) is 0 Å². The van der Waals surface area contributed by atoms with E-state index < -0.39 is 11.9 Å². The SMILES string of the molecule is CN(C)CCN(CCN(CCN(C)C)CC(=O)O)CC(=O)O. The van der Waals surface area contributed by atoms with Crippen LogP contribution in [0.1, 0.15) is 0 Å². The fourth-order valence-electron chi connectivity index (χ4n) is 1.89. The van der Waals surface area contributed by atoms with Crippen LogP contribution < -0.4 is 0 Å². The van der Waals surface area contributed by atoms with Gasteiger partial charge in [0, 0.05) is 39.3 Å². The van der Waals surface area contributed by atoms with Gasteiger partial charge in [0.25, 0.3) is 0 Å². The average molecular weight is 318 g/mol. The van der Waals surface area contributed by atoms with Gasteiger partial charge in [-0.25, -0.2) is 0 Å². The number of carboxylic acids is 2. The van der Waals surface area contributed by atoms with Crippen LogP contribution in [0.2, 0.25) is 0 Å². The first-order valence-electron chi connectivity index (χ1n) is 7.38. The molecule has 0 rings (SSSR count). The van der Waals surface area contributed by atoms with E-state index in [0.717, 1.165) is 13.1 Å². The summed E-state index contributed by atoms with van der Waals surface area (Å²) in [5.74, 6) is -1.73. The van der Waals surface area contributed by atoms with Crippen molar-refractivity contribution in [2.75, 3.05) is 80.5 Å². The summed E-state index contributed by atoms with van der Waals surface area (Å²) in [4.78, 5) is 29.5. The molecule has 2 N–H and O–H groups in total. The van der Waals surface area contributed by atoms with Crippen molar-refractivity contribution in [3.8, 4) is 0 Å². The van der Waals surface area contributed by atoms with Crippen molar-refractivity contribution in [2.24, 2.45) is 0 Å². The van der Waals surface area contributed by atoms with Gasteiger partial charge in [-0.1, -0.05) is 0 Å². The fourth-order valence-corrected chi connectivity index (χ4v) is 1.89. The minimum Gasteiger partial charge on any atom is -0.480 e. The van der Waals surface area contributed by atoms with E-state index in [0.29, 0.717) is 26.2 Å². The molecule has 0 aromatic rings. The number of carboxylic acid groups (broad SMARTS) is 2. The second kappa shape index (κ2) is 11.4. The number of hydrogen-bond donors (Lipinski definition) is 2. The smallest absolute Gasteiger partial charge is 0.317 e. The monoisotopic (exact) mass is 318 g/mol. The molecule has 0 aliphatic rings. The molecule has 0 radical (unpaired) electrons. The van der Waals surface area contributed by atoms with Crippen LogP contribution in [-0.2, 0) is 9.59 Å². The van der Waals surface area contributed by atoms with Crippen molar-refractivity contribution in [1.29, 1.82) is 0 Å². The molecule has 0 amide bonds. The Hall–Kier alpha value is -1.22. The molecule has 0 atom stereocenters. The molecule has 0 fully saturated rings.